The molecule has 2 aromatic heterocycles. The average molecular weight is 549 g/mol. The number of hydrogen-bond acceptors (Lipinski definition) is 7. The van der Waals surface area contributed by atoms with Gasteiger partial charge in [-0.05, 0) is 73.6 Å². The summed E-state index contributed by atoms with van der Waals surface area (Å²) in [4.78, 5) is 33.1. The normalized spacial score (nSPS) is 17.8. The first-order chi connectivity index (χ1) is 18.7. The zero-order chi connectivity index (χ0) is 27.6. The SMILES string of the molecule is CC(C)(C)[C@@H]1CCc2c(sc(N=Cc3cc([N+](=O)[O-])ccc3N3CCCCC3)c2C(=O)NCc2ccco2)C1. The molecule has 1 aliphatic carbocycles. The van der Waals surface area contributed by atoms with Crippen LogP contribution >= 0.6 is 11.3 Å². The Hall–Kier alpha value is -3.46. The van der Waals surface area contributed by atoms with Gasteiger partial charge in [-0.1, -0.05) is 20.8 Å². The number of thiophene rings is 1. The fourth-order valence-corrected chi connectivity index (χ4v) is 6.88. The Balaban J connectivity index is 1.51. The smallest absolute Gasteiger partial charge is 0.270 e. The summed E-state index contributed by atoms with van der Waals surface area (Å²) in [5.41, 5.74) is 3.56. The number of non-ortho nitro benzene ring substituents is 1. The lowest BCUT2D eigenvalue weighted by Gasteiger charge is -2.33. The Morgan fingerprint density at radius 2 is 2.05 bits per heavy atom. The number of amides is 1. The van der Waals surface area contributed by atoms with Crippen LogP contribution in [0.1, 0.15) is 78.6 Å². The number of hydrogen-bond donors (Lipinski definition) is 1. The van der Waals surface area contributed by atoms with Crippen molar-refractivity contribution in [1.29, 1.82) is 0 Å². The lowest BCUT2D eigenvalue weighted by Crippen LogP contribution is -2.30. The fraction of sp³-hybridized carbons (Fsp3) is 0.467. The van der Waals surface area contributed by atoms with Crippen molar-refractivity contribution in [2.75, 3.05) is 18.0 Å². The first kappa shape index (κ1) is 27.1. The van der Waals surface area contributed by atoms with Gasteiger partial charge >= 0.3 is 0 Å². The minimum Gasteiger partial charge on any atom is -0.467 e. The number of furan rings is 1. The summed E-state index contributed by atoms with van der Waals surface area (Å²) in [7, 11) is 0. The summed E-state index contributed by atoms with van der Waals surface area (Å²) >= 11 is 1.58. The van der Waals surface area contributed by atoms with Crippen LogP contribution in [-0.2, 0) is 19.4 Å². The molecule has 206 valence electrons. The molecular formula is C30H36N4O4S. The van der Waals surface area contributed by atoms with Crippen LogP contribution in [-0.4, -0.2) is 30.1 Å². The van der Waals surface area contributed by atoms with Crippen LogP contribution < -0.4 is 10.2 Å². The first-order valence-corrected chi connectivity index (χ1v) is 14.5. The van der Waals surface area contributed by atoms with E-state index in [-0.39, 0.29) is 21.9 Å². The van der Waals surface area contributed by atoms with E-state index in [1.54, 1.807) is 42.0 Å². The van der Waals surface area contributed by atoms with Crippen LogP contribution in [0.5, 0.6) is 0 Å². The molecule has 1 saturated heterocycles. The second-order valence-corrected chi connectivity index (χ2v) is 12.6. The highest BCUT2D eigenvalue weighted by molar-refractivity contribution is 7.16. The Kier molecular flexibility index (Phi) is 7.88. The van der Waals surface area contributed by atoms with Crippen LogP contribution in [0.4, 0.5) is 16.4 Å². The fourth-order valence-electron chi connectivity index (χ4n) is 5.61. The van der Waals surface area contributed by atoms with E-state index < -0.39 is 0 Å². The van der Waals surface area contributed by atoms with E-state index in [1.807, 2.05) is 12.1 Å². The van der Waals surface area contributed by atoms with Gasteiger partial charge in [-0.3, -0.25) is 14.9 Å². The van der Waals surface area contributed by atoms with E-state index in [9.17, 15) is 14.9 Å². The van der Waals surface area contributed by atoms with Gasteiger partial charge < -0.3 is 14.6 Å². The van der Waals surface area contributed by atoms with Crippen LogP contribution in [0.15, 0.2) is 46.0 Å². The number of benzene rings is 1. The number of nitrogens with one attached hydrogen (secondary N) is 1. The van der Waals surface area contributed by atoms with Gasteiger partial charge in [0, 0.05) is 47.6 Å². The van der Waals surface area contributed by atoms with Gasteiger partial charge in [0.1, 0.15) is 10.8 Å². The van der Waals surface area contributed by atoms with Gasteiger partial charge in [0.05, 0.1) is 23.3 Å². The summed E-state index contributed by atoms with van der Waals surface area (Å²) in [6.45, 7) is 8.96. The van der Waals surface area contributed by atoms with Crippen LogP contribution in [0.3, 0.4) is 0 Å². The van der Waals surface area contributed by atoms with Crippen molar-refractivity contribution in [1.82, 2.24) is 5.32 Å². The molecule has 0 unspecified atom stereocenters. The number of aliphatic imine (C=N–C) groups is 1. The molecule has 8 nitrogen and oxygen atoms in total. The monoisotopic (exact) mass is 548 g/mol. The third-order valence-corrected chi connectivity index (χ3v) is 9.10. The van der Waals surface area contributed by atoms with Crippen LogP contribution in [0.25, 0.3) is 0 Å². The minimum atomic E-state index is -0.374. The van der Waals surface area contributed by atoms with E-state index in [4.69, 9.17) is 9.41 Å². The van der Waals surface area contributed by atoms with E-state index in [1.165, 1.54) is 11.3 Å². The van der Waals surface area contributed by atoms with Gasteiger partial charge in [-0.2, -0.15) is 0 Å². The molecule has 0 saturated carbocycles. The summed E-state index contributed by atoms with van der Waals surface area (Å²) < 4.78 is 5.40. The molecule has 1 aromatic carbocycles. The summed E-state index contributed by atoms with van der Waals surface area (Å²) in [5.74, 6) is 1.05. The number of carbonyl (C=O) groups excluding carboxylic acids is 1. The lowest BCUT2D eigenvalue weighted by atomic mass is 9.72. The highest BCUT2D eigenvalue weighted by Crippen LogP contribution is 2.45. The van der Waals surface area contributed by atoms with E-state index in [0.717, 1.165) is 56.4 Å². The molecule has 2 aliphatic rings. The van der Waals surface area contributed by atoms with Gasteiger partial charge in [0.2, 0.25) is 0 Å². The van der Waals surface area contributed by atoms with Gasteiger partial charge in [0.25, 0.3) is 11.6 Å². The topological polar surface area (TPSA) is 101 Å². The second kappa shape index (κ2) is 11.3. The maximum absolute atomic E-state index is 13.5. The van der Waals surface area contributed by atoms with Crippen molar-refractivity contribution in [3.8, 4) is 0 Å². The predicted molar refractivity (Wildman–Crippen MR) is 156 cm³/mol. The molecule has 5 rings (SSSR count). The molecule has 1 atom stereocenters. The van der Waals surface area contributed by atoms with Crippen LogP contribution in [0, 0.1) is 21.4 Å². The summed E-state index contributed by atoms with van der Waals surface area (Å²) in [6.07, 6.45) is 9.48. The molecule has 1 aliphatic heterocycles. The Labute approximate surface area is 233 Å². The third kappa shape index (κ3) is 6.08. The number of fused-ring (bicyclic) bond motifs is 1. The molecule has 0 spiro atoms. The summed E-state index contributed by atoms with van der Waals surface area (Å²) in [6, 6.07) is 8.61. The number of piperidine rings is 1. The van der Waals surface area contributed by atoms with Crippen molar-refractivity contribution in [3.63, 3.8) is 0 Å². The molecule has 1 amide bonds. The largest absolute Gasteiger partial charge is 0.467 e. The number of nitrogens with zero attached hydrogens (tertiary/aromatic N) is 3. The van der Waals surface area contributed by atoms with Crippen molar-refractivity contribution >= 4 is 39.8 Å². The summed E-state index contributed by atoms with van der Waals surface area (Å²) in [5, 5.41) is 15.2. The number of anilines is 1. The van der Waals surface area contributed by atoms with Crippen molar-refractivity contribution in [2.24, 2.45) is 16.3 Å². The maximum Gasteiger partial charge on any atom is 0.270 e. The van der Waals surface area contributed by atoms with Gasteiger partial charge in [-0.25, -0.2) is 4.99 Å². The highest BCUT2D eigenvalue weighted by Gasteiger charge is 2.33. The average Bonchev–Trinajstić information content (AvgIpc) is 3.57. The standard InChI is InChI=1S/C30H36N4O4S/c1-30(2,3)21-9-11-24-26(17-21)39-29(27(24)28(35)31-19-23-8-7-15-38-23)32-18-20-16-22(34(36)37)10-12-25(20)33-13-5-4-6-14-33/h7-8,10,12,15-16,18,21H,4-6,9,11,13-14,17,19H2,1-3H3,(H,31,35)/t21-/m1/s1. The zero-order valence-corrected chi connectivity index (χ0v) is 23.7. The lowest BCUT2D eigenvalue weighted by molar-refractivity contribution is -0.384. The molecule has 9 heteroatoms. The second-order valence-electron chi connectivity index (χ2n) is 11.6. The number of nitro benzene ring substituents is 1. The minimum absolute atomic E-state index is 0.0344. The highest BCUT2D eigenvalue weighted by atomic mass is 32.1. The Morgan fingerprint density at radius 3 is 2.74 bits per heavy atom. The van der Waals surface area contributed by atoms with Crippen LogP contribution in [0.2, 0.25) is 0 Å². The van der Waals surface area contributed by atoms with E-state index in [0.29, 0.717) is 34.4 Å². The van der Waals surface area contributed by atoms with Crippen molar-refractivity contribution < 1.29 is 14.1 Å². The molecule has 1 fully saturated rings. The molecule has 1 N–H and O–H groups in total. The van der Waals surface area contributed by atoms with Gasteiger partial charge in [-0.15, -0.1) is 11.3 Å². The zero-order valence-electron chi connectivity index (χ0n) is 22.9. The molecule has 0 radical (unpaired) electrons. The molecule has 39 heavy (non-hydrogen) atoms. The third-order valence-electron chi connectivity index (χ3n) is 7.94. The first-order valence-electron chi connectivity index (χ1n) is 13.7. The molecule has 0 bridgehead atoms. The van der Waals surface area contributed by atoms with E-state index in [2.05, 4.69) is 31.0 Å². The molecule has 3 heterocycles. The predicted octanol–water partition coefficient (Wildman–Crippen LogP) is 7.07. The van der Waals surface area contributed by atoms with Crippen molar-refractivity contribution in [2.45, 2.75) is 65.8 Å². The van der Waals surface area contributed by atoms with Gasteiger partial charge in [0.15, 0.2) is 0 Å². The number of carbonyl (C=O) groups is 1. The molecular weight excluding hydrogens is 512 g/mol. The maximum atomic E-state index is 13.5. The Bertz CT molecular complexity index is 1360. The molecule has 3 aromatic rings. The van der Waals surface area contributed by atoms with E-state index >= 15 is 0 Å². The van der Waals surface area contributed by atoms with Crippen molar-refractivity contribution in [3.05, 3.63) is 74.0 Å². The quantitative estimate of drug-likeness (QED) is 0.193. The Morgan fingerprint density at radius 1 is 1.26 bits per heavy atom. The number of rotatable bonds is 7. The number of nitro groups is 1.